The van der Waals surface area contributed by atoms with Gasteiger partial charge in [-0.1, -0.05) is 6.07 Å². The van der Waals surface area contributed by atoms with Crippen LogP contribution in [0.5, 0.6) is 11.5 Å². The second kappa shape index (κ2) is 8.66. The molecule has 0 aliphatic rings. The van der Waals surface area contributed by atoms with E-state index in [9.17, 15) is 14.9 Å². The van der Waals surface area contributed by atoms with Crippen molar-refractivity contribution >= 4 is 17.7 Å². The van der Waals surface area contributed by atoms with E-state index in [1.807, 2.05) is 19.1 Å². The van der Waals surface area contributed by atoms with Crippen LogP contribution in [0, 0.1) is 10.1 Å². The van der Waals surface area contributed by atoms with Gasteiger partial charge in [0.25, 0.3) is 5.69 Å². The molecule has 0 unspecified atom stereocenters. The molecule has 1 N–H and O–H groups in total. The standard InChI is InChI=1S/C19H20N2O5/c1-13(15-7-10-17(25-2)18(12-15)26-3)20-19(22)11-6-14-4-8-16(9-5-14)21(23)24/h4-13H,1-3H3,(H,20,22)/b11-6+/t13-/m1/s1. The Morgan fingerprint density at radius 2 is 1.77 bits per heavy atom. The smallest absolute Gasteiger partial charge is 0.269 e. The first-order valence-electron chi connectivity index (χ1n) is 7.89. The van der Waals surface area contributed by atoms with Crippen molar-refractivity contribution in [2.75, 3.05) is 14.2 Å². The molecule has 0 bridgehead atoms. The van der Waals surface area contributed by atoms with Crippen LogP contribution < -0.4 is 14.8 Å². The van der Waals surface area contributed by atoms with Crippen LogP contribution >= 0.6 is 0 Å². The van der Waals surface area contributed by atoms with Crippen molar-refractivity contribution in [3.63, 3.8) is 0 Å². The van der Waals surface area contributed by atoms with Gasteiger partial charge in [-0.25, -0.2) is 0 Å². The number of amides is 1. The number of nitro benzene ring substituents is 1. The average Bonchev–Trinajstić information content (AvgIpc) is 2.65. The largest absolute Gasteiger partial charge is 0.493 e. The molecule has 136 valence electrons. The number of carbonyl (C=O) groups is 1. The molecule has 0 radical (unpaired) electrons. The van der Waals surface area contributed by atoms with Crippen molar-refractivity contribution in [2.45, 2.75) is 13.0 Å². The molecule has 0 saturated heterocycles. The number of nitrogens with zero attached hydrogens (tertiary/aromatic N) is 1. The number of hydrogen-bond acceptors (Lipinski definition) is 5. The summed E-state index contributed by atoms with van der Waals surface area (Å²) in [5.41, 5.74) is 1.58. The van der Waals surface area contributed by atoms with Crippen LogP contribution in [-0.4, -0.2) is 25.1 Å². The van der Waals surface area contributed by atoms with Crippen molar-refractivity contribution < 1.29 is 19.2 Å². The van der Waals surface area contributed by atoms with E-state index >= 15 is 0 Å². The lowest BCUT2D eigenvalue weighted by atomic mass is 10.1. The summed E-state index contributed by atoms with van der Waals surface area (Å²) in [4.78, 5) is 22.3. The number of nitrogens with one attached hydrogen (secondary N) is 1. The molecule has 2 aromatic rings. The Morgan fingerprint density at radius 3 is 2.35 bits per heavy atom. The highest BCUT2D eigenvalue weighted by Crippen LogP contribution is 2.29. The molecule has 7 nitrogen and oxygen atoms in total. The molecule has 1 amide bonds. The summed E-state index contributed by atoms with van der Waals surface area (Å²) in [5, 5.41) is 13.5. The van der Waals surface area contributed by atoms with E-state index in [1.165, 1.54) is 18.2 Å². The van der Waals surface area contributed by atoms with Crippen LogP contribution in [0.3, 0.4) is 0 Å². The van der Waals surface area contributed by atoms with Crippen LogP contribution in [0.25, 0.3) is 6.08 Å². The Kier molecular flexibility index (Phi) is 6.32. The normalized spacial score (nSPS) is 11.8. The Bertz CT molecular complexity index is 815. The van der Waals surface area contributed by atoms with Gasteiger partial charge in [0.15, 0.2) is 11.5 Å². The predicted octanol–water partition coefficient (Wildman–Crippen LogP) is 3.50. The molecule has 0 aliphatic heterocycles. The van der Waals surface area contributed by atoms with Crippen molar-refractivity contribution in [1.29, 1.82) is 0 Å². The monoisotopic (exact) mass is 356 g/mol. The van der Waals surface area contributed by atoms with Crippen LogP contribution in [0.4, 0.5) is 5.69 Å². The summed E-state index contributed by atoms with van der Waals surface area (Å²) in [7, 11) is 3.11. The number of rotatable bonds is 7. The maximum absolute atomic E-state index is 12.1. The Balaban J connectivity index is 2.01. The second-order valence-electron chi connectivity index (χ2n) is 5.53. The third-order valence-electron chi connectivity index (χ3n) is 3.80. The van der Waals surface area contributed by atoms with Crippen molar-refractivity contribution in [3.8, 4) is 11.5 Å². The first kappa shape index (κ1) is 19.0. The zero-order chi connectivity index (χ0) is 19.1. The number of carbonyl (C=O) groups excluding carboxylic acids is 1. The van der Waals surface area contributed by atoms with E-state index in [-0.39, 0.29) is 17.6 Å². The van der Waals surface area contributed by atoms with E-state index in [2.05, 4.69) is 5.32 Å². The van der Waals surface area contributed by atoms with Gasteiger partial charge in [-0.05, 0) is 48.4 Å². The fraction of sp³-hybridized carbons (Fsp3) is 0.211. The fourth-order valence-electron chi connectivity index (χ4n) is 2.35. The van der Waals surface area contributed by atoms with Gasteiger partial charge < -0.3 is 14.8 Å². The van der Waals surface area contributed by atoms with Gasteiger partial charge in [-0.2, -0.15) is 0 Å². The van der Waals surface area contributed by atoms with Gasteiger partial charge in [-0.3, -0.25) is 14.9 Å². The number of hydrogen-bond donors (Lipinski definition) is 1. The summed E-state index contributed by atoms with van der Waals surface area (Å²) < 4.78 is 10.5. The van der Waals surface area contributed by atoms with Gasteiger partial charge in [0.05, 0.1) is 25.2 Å². The molecule has 2 aromatic carbocycles. The Labute approximate surface area is 151 Å². The molecule has 1 atom stereocenters. The zero-order valence-electron chi connectivity index (χ0n) is 14.8. The molecule has 0 aliphatic carbocycles. The minimum absolute atomic E-state index is 0.00803. The third kappa shape index (κ3) is 4.83. The average molecular weight is 356 g/mol. The van der Waals surface area contributed by atoms with Crippen LogP contribution in [0.1, 0.15) is 24.1 Å². The minimum atomic E-state index is -0.467. The Hall–Kier alpha value is -3.35. The predicted molar refractivity (Wildman–Crippen MR) is 98.2 cm³/mol. The molecule has 2 rings (SSSR count). The third-order valence-corrected chi connectivity index (χ3v) is 3.80. The topological polar surface area (TPSA) is 90.7 Å². The summed E-state index contributed by atoms with van der Waals surface area (Å²) in [6.07, 6.45) is 2.98. The lowest BCUT2D eigenvalue weighted by Crippen LogP contribution is -2.24. The zero-order valence-corrected chi connectivity index (χ0v) is 14.8. The molecular formula is C19H20N2O5. The van der Waals surface area contributed by atoms with E-state index in [4.69, 9.17) is 9.47 Å². The highest BCUT2D eigenvalue weighted by Gasteiger charge is 2.11. The van der Waals surface area contributed by atoms with E-state index < -0.39 is 4.92 Å². The lowest BCUT2D eigenvalue weighted by molar-refractivity contribution is -0.384. The molecule has 7 heteroatoms. The van der Waals surface area contributed by atoms with Crippen molar-refractivity contribution in [1.82, 2.24) is 5.32 Å². The molecule has 0 saturated carbocycles. The summed E-state index contributed by atoms with van der Waals surface area (Å²) in [5.74, 6) is 0.936. The van der Waals surface area contributed by atoms with Crippen molar-refractivity contribution in [3.05, 3.63) is 69.8 Å². The number of non-ortho nitro benzene ring substituents is 1. The lowest BCUT2D eigenvalue weighted by Gasteiger charge is -2.15. The first-order valence-corrected chi connectivity index (χ1v) is 7.89. The number of ether oxygens (including phenoxy) is 2. The van der Waals surface area contributed by atoms with Crippen LogP contribution in [0.15, 0.2) is 48.5 Å². The van der Waals surface area contributed by atoms with Crippen LogP contribution in [0.2, 0.25) is 0 Å². The summed E-state index contributed by atoms with van der Waals surface area (Å²) in [6, 6.07) is 11.2. The number of benzene rings is 2. The molecule has 0 spiro atoms. The SMILES string of the molecule is COc1ccc([C@@H](C)NC(=O)/C=C/c2ccc([N+](=O)[O-])cc2)cc1OC. The van der Waals surface area contributed by atoms with Gasteiger partial charge in [-0.15, -0.1) is 0 Å². The molecular weight excluding hydrogens is 336 g/mol. The number of methoxy groups -OCH3 is 2. The minimum Gasteiger partial charge on any atom is -0.493 e. The number of nitro groups is 1. The van der Waals surface area contributed by atoms with Gasteiger partial charge in [0.2, 0.25) is 5.91 Å². The highest BCUT2D eigenvalue weighted by molar-refractivity contribution is 5.92. The van der Waals surface area contributed by atoms with Crippen molar-refractivity contribution in [2.24, 2.45) is 0 Å². The molecule has 0 fully saturated rings. The molecule has 0 aromatic heterocycles. The second-order valence-corrected chi connectivity index (χ2v) is 5.53. The quantitative estimate of drug-likeness (QED) is 0.466. The van der Waals surface area contributed by atoms with Gasteiger partial charge in [0.1, 0.15) is 0 Å². The van der Waals surface area contributed by atoms with Crippen LogP contribution in [-0.2, 0) is 4.79 Å². The highest BCUT2D eigenvalue weighted by atomic mass is 16.6. The van der Waals surface area contributed by atoms with E-state index in [1.54, 1.807) is 38.5 Å². The maximum Gasteiger partial charge on any atom is 0.269 e. The summed E-state index contributed by atoms with van der Waals surface area (Å²) >= 11 is 0. The molecule has 26 heavy (non-hydrogen) atoms. The van der Waals surface area contributed by atoms with E-state index in [0.717, 1.165) is 5.56 Å². The van der Waals surface area contributed by atoms with Gasteiger partial charge >= 0.3 is 0 Å². The van der Waals surface area contributed by atoms with Gasteiger partial charge in [0, 0.05) is 18.2 Å². The maximum atomic E-state index is 12.1. The first-order chi connectivity index (χ1) is 12.4. The summed E-state index contributed by atoms with van der Waals surface area (Å²) in [6.45, 7) is 1.86. The Morgan fingerprint density at radius 1 is 1.12 bits per heavy atom. The van der Waals surface area contributed by atoms with E-state index in [0.29, 0.717) is 17.1 Å². The fourth-order valence-corrected chi connectivity index (χ4v) is 2.35. The molecule has 0 heterocycles.